The molecule has 0 saturated heterocycles. The van der Waals surface area contributed by atoms with Gasteiger partial charge in [-0.3, -0.25) is 4.79 Å². The second-order valence-electron chi connectivity index (χ2n) is 5.46. The summed E-state index contributed by atoms with van der Waals surface area (Å²) in [6.07, 6.45) is 0. The van der Waals surface area contributed by atoms with Crippen molar-refractivity contribution in [2.45, 2.75) is 6.92 Å². The van der Waals surface area contributed by atoms with Gasteiger partial charge in [-0.2, -0.15) is 0 Å². The van der Waals surface area contributed by atoms with E-state index in [4.69, 9.17) is 16.3 Å². The number of methoxy groups -OCH3 is 1. The standard InChI is InChI=1S/C19H16ClNO3/c1-11-7-8-17(24-2)16(9-11)21-19(23)14-10-15(20)12-5-3-4-6-13(12)18(14)22/h3-10,22H,1-2H3,(H,21,23). The lowest BCUT2D eigenvalue weighted by atomic mass is 10.0. The highest BCUT2D eigenvalue weighted by atomic mass is 35.5. The minimum Gasteiger partial charge on any atom is -0.506 e. The second-order valence-corrected chi connectivity index (χ2v) is 5.87. The van der Waals surface area contributed by atoms with Gasteiger partial charge in [-0.05, 0) is 30.7 Å². The van der Waals surface area contributed by atoms with Gasteiger partial charge in [0.15, 0.2) is 0 Å². The van der Waals surface area contributed by atoms with Crippen LogP contribution in [0.25, 0.3) is 10.8 Å². The predicted molar refractivity (Wildman–Crippen MR) is 96.3 cm³/mol. The minimum atomic E-state index is -0.455. The van der Waals surface area contributed by atoms with Crippen molar-refractivity contribution in [3.63, 3.8) is 0 Å². The molecule has 0 aliphatic heterocycles. The molecule has 0 radical (unpaired) electrons. The lowest BCUT2D eigenvalue weighted by molar-refractivity contribution is 0.102. The number of aryl methyl sites for hydroxylation is 1. The van der Waals surface area contributed by atoms with Crippen LogP contribution in [0.5, 0.6) is 11.5 Å². The topological polar surface area (TPSA) is 58.6 Å². The van der Waals surface area contributed by atoms with Gasteiger partial charge in [0.25, 0.3) is 5.91 Å². The largest absolute Gasteiger partial charge is 0.506 e. The Labute approximate surface area is 144 Å². The van der Waals surface area contributed by atoms with Gasteiger partial charge in [0.05, 0.1) is 18.4 Å². The first-order valence-electron chi connectivity index (χ1n) is 7.37. The van der Waals surface area contributed by atoms with Crippen molar-refractivity contribution in [1.82, 2.24) is 0 Å². The molecule has 0 bridgehead atoms. The number of hydrogen-bond acceptors (Lipinski definition) is 3. The van der Waals surface area contributed by atoms with Gasteiger partial charge in [0, 0.05) is 15.8 Å². The molecule has 4 nitrogen and oxygen atoms in total. The summed E-state index contributed by atoms with van der Waals surface area (Å²) in [5.41, 5.74) is 1.63. The van der Waals surface area contributed by atoms with E-state index >= 15 is 0 Å². The molecule has 5 heteroatoms. The number of amides is 1. The van der Waals surface area contributed by atoms with Gasteiger partial charge in [0.2, 0.25) is 0 Å². The van der Waals surface area contributed by atoms with Crippen LogP contribution in [0.2, 0.25) is 5.02 Å². The first-order valence-corrected chi connectivity index (χ1v) is 7.75. The normalized spacial score (nSPS) is 10.6. The molecule has 122 valence electrons. The molecule has 24 heavy (non-hydrogen) atoms. The van der Waals surface area contributed by atoms with E-state index in [0.717, 1.165) is 5.56 Å². The zero-order chi connectivity index (χ0) is 17.3. The van der Waals surface area contributed by atoms with Gasteiger partial charge in [0.1, 0.15) is 11.5 Å². The Bertz CT molecular complexity index is 937. The summed E-state index contributed by atoms with van der Waals surface area (Å²) in [6, 6.07) is 14.1. The first-order chi connectivity index (χ1) is 11.5. The highest BCUT2D eigenvalue weighted by Gasteiger charge is 2.18. The van der Waals surface area contributed by atoms with Crippen molar-refractivity contribution in [2.75, 3.05) is 12.4 Å². The summed E-state index contributed by atoms with van der Waals surface area (Å²) < 4.78 is 5.26. The van der Waals surface area contributed by atoms with E-state index in [-0.39, 0.29) is 11.3 Å². The van der Waals surface area contributed by atoms with Crippen LogP contribution >= 0.6 is 11.6 Å². The molecular formula is C19H16ClNO3. The molecule has 0 spiro atoms. The van der Waals surface area contributed by atoms with Crippen LogP contribution in [0.3, 0.4) is 0 Å². The molecule has 0 aliphatic carbocycles. The zero-order valence-electron chi connectivity index (χ0n) is 13.3. The number of carbonyl (C=O) groups is 1. The fraction of sp³-hybridized carbons (Fsp3) is 0.105. The second kappa shape index (κ2) is 6.42. The number of fused-ring (bicyclic) bond motifs is 1. The Kier molecular flexibility index (Phi) is 4.32. The number of halogens is 1. The molecule has 3 aromatic carbocycles. The Hall–Kier alpha value is -2.72. The Morgan fingerprint density at radius 3 is 2.54 bits per heavy atom. The van der Waals surface area contributed by atoms with Crippen LogP contribution in [0.1, 0.15) is 15.9 Å². The number of rotatable bonds is 3. The number of carbonyl (C=O) groups excluding carboxylic acids is 1. The van der Waals surface area contributed by atoms with Gasteiger partial charge in [-0.25, -0.2) is 0 Å². The molecule has 0 aromatic heterocycles. The maximum Gasteiger partial charge on any atom is 0.259 e. The fourth-order valence-corrected chi connectivity index (χ4v) is 2.87. The quantitative estimate of drug-likeness (QED) is 0.721. The van der Waals surface area contributed by atoms with Crippen molar-refractivity contribution in [1.29, 1.82) is 0 Å². The average molecular weight is 342 g/mol. The van der Waals surface area contributed by atoms with Crippen LogP contribution in [-0.4, -0.2) is 18.1 Å². The maximum absolute atomic E-state index is 12.6. The van der Waals surface area contributed by atoms with E-state index in [1.807, 2.05) is 19.1 Å². The maximum atomic E-state index is 12.6. The summed E-state index contributed by atoms with van der Waals surface area (Å²) in [4.78, 5) is 12.6. The van der Waals surface area contributed by atoms with Gasteiger partial charge >= 0.3 is 0 Å². The molecule has 1 amide bonds. The molecule has 0 saturated carbocycles. The van der Waals surface area contributed by atoms with Gasteiger partial charge in [-0.1, -0.05) is 41.9 Å². The predicted octanol–water partition coefficient (Wildman–Crippen LogP) is 4.77. The lowest BCUT2D eigenvalue weighted by Gasteiger charge is -2.13. The molecule has 3 rings (SSSR count). The van der Waals surface area contributed by atoms with Gasteiger partial charge in [-0.15, -0.1) is 0 Å². The molecule has 0 unspecified atom stereocenters. The molecule has 2 N–H and O–H groups in total. The van der Waals surface area contributed by atoms with Crippen molar-refractivity contribution < 1.29 is 14.6 Å². The monoisotopic (exact) mass is 341 g/mol. The van der Waals surface area contributed by atoms with E-state index in [1.165, 1.54) is 13.2 Å². The van der Waals surface area contributed by atoms with E-state index in [9.17, 15) is 9.90 Å². The summed E-state index contributed by atoms with van der Waals surface area (Å²) in [6.45, 7) is 1.92. The van der Waals surface area contributed by atoms with Crippen molar-refractivity contribution >= 4 is 34.0 Å². The zero-order valence-corrected chi connectivity index (χ0v) is 14.0. The Morgan fingerprint density at radius 2 is 1.83 bits per heavy atom. The highest BCUT2D eigenvalue weighted by Crippen LogP contribution is 2.35. The number of phenolic OH excluding ortho intramolecular Hbond substituents is 1. The van der Waals surface area contributed by atoms with Crippen LogP contribution < -0.4 is 10.1 Å². The average Bonchev–Trinajstić information content (AvgIpc) is 2.58. The Morgan fingerprint density at radius 1 is 1.12 bits per heavy atom. The fourth-order valence-electron chi connectivity index (χ4n) is 2.60. The number of hydrogen-bond donors (Lipinski definition) is 2. The smallest absolute Gasteiger partial charge is 0.259 e. The summed E-state index contributed by atoms with van der Waals surface area (Å²) >= 11 is 6.25. The van der Waals surface area contributed by atoms with E-state index in [1.54, 1.807) is 30.3 Å². The summed E-state index contributed by atoms with van der Waals surface area (Å²) in [5.74, 6) is -0.0106. The third-order valence-corrected chi connectivity index (χ3v) is 4.13. The highest BCUT2D eigenvalue weighted by molar-refractivity contribution is 6.36. The molecular weight excluding hydrogens is 326 g/mol. The van der Waals surface area contributed by atoms with Crippen LogP contribution in [0.15, 0.2) is 48.5 Å². The van der Waals surface area contributed by atoms with E-state index in [0.29, 0.717) is 27.2 Å². The SMILES string of the molecule is COc1ccc(C)cc1NC(=O)c1cc(Cl)c2ccccc2c1O. The van der Waals surface area contributed by atoms with Crippen LogP contribution in [0, 0.1) is 6.92 Å². The molecule has 3 aromatic rings. The molecule has 0 fully saturated rings. The van der Waals surface area contributed by atoms with Crippen LogP contribution in [-0.2, 0) is 0 Å². The number of benzene rings is 3. The van der Waals surface area contributed by atoms with Gasteiger partial charge < -0.3 is 15.2 Å². The molecule has 0 aliphatic rings. The third-order valence-electron chi connectivity index (χ3n) is 3.81. The van der Waals surface area contributed by atoms with Crippen LogP contribution in [0.4, 0.5) is 5.69 Å². The van der Waals surface area contributed by atoms with E-state index < -0.39 is 5.91 Å². The van der Waals surface area contributed by atoms with Crippen molar-refractivity contribution in [2.24, 2.45) is 0 Å². The number of nitrogens with one attached hydrogen (secondary N) is 1. The van der Waals surface area contributed by atoms with Crippen molar-refractivity contribution in [3.8, 4) is 11.5 Å². The number of ether oxygens (including phenoxy) is 1. The summed E-state index contributed by atoms with van der Waals surface area (Å²) in [5, 5.41) is 14.9. The minimum absolute atomic E-state index is 0.0980. The lowest BCUT2D eigenvalue weighted by Crippen LogP contribution is -2.13. The number of anilines is 1. The van der Waals surface area contributed by atoms with E-state index in [2.05, 4.69) is 5.32 Å². The number of phenols is 1. The summed E-state index contributed by atoms with van der Waals surface area (Å²) in [7, 11) is 1.53. The van der Waals surface area contributed by atoms with Crippen molar-refractivity contribution in [3.05, 3.63) is 64.7 Å². The molecule has 0 atom stereocenters. The number of aromatic hydroxyl groups is 1. The third kappa shape index (κ3) is 2.88. The molecule has 0 heterocycles. The first kappa shape index (κ1) is 16.1. The Balaban J connectivity index is 2.04.